The maximum atomic E-state index is 12.0. The molecule has 17 heavy (non-hydrogen) atoms. The summed E-state index contributed by atoms with van der Waals surface area (Å²) in [5, 5.41) is 5.19. The largest absolute Gasteiger partial charge is 0.328 e. The number of rotatable bonds is 4. The second-order valence-corrected chi connectivity index (χ2v) is 4.05. The molecule has 90 valence electrons. The van der Waals surface area contributed by atoms with Gasteiger partial charge in [0.25, 0.3) is 5.56 Å². The molecule has 2 aromatic rings. The van der Waals surface area contributed by atoms with E-state index in [1.54, 1.807) is 6.20 Å². The van der Waals surface area contributed by atoms with Crippen LogP contribution in [0.25, 0.3) is 10.8 Å². The van der Waals surface area contributed by atoms with E-state index in [1.807, 2.05) is 0 Å². The lowest BCUT2D eigenvalue weighted by atomic mass is 10.2. The molecule has 0 atom stereocenters. The zero-order chi connectivity index (χ0) is 12.3. The predicted octanol–water partition coefficient (Wildman–Crippen LogP) is 1.27. The summed E-state index contributed by atoms with van der Waals surface area (Å²) < 4.78 is 1.43. The number of hydrogen-bond acceptors (Lipinski definition) is 3. The molecular formula is C12H15N3O2. The molecule has 0 aliphatic carbocycles. The number of nitrogens with zero attached hydrogens (tertiary/aromatic N) is 2. The zero-order valence-electron chi connectivity index (χ0n) is 9.77. The van der Waals surface area contributed by atoms with Gasteiger partial charge in [0, 0.05) is 24.2 Å². The second kappa shape index (κ2) is 4.95. The lowest BCUT2D eigenvalue weighted by Gasteiger charge is -2.04. The first-order valence-electron chi connectivity index (χ1n) is 5.81. The Morgan fingerprint density at radius 2 is 2.18 bits per heavy atom. The number of pyridine rings is 1. The van der Waals surface area contributed by atoms with Gasteiger partial charge >= 0.3 is 0 Å². The van der Waals surface area contributed by atoms with Crippen molar-refractivity contribution in [2.45, 2.75) is 32.7 Å². The molecule has 0 amide bonds. The Morgan fingerprint density at radius 1 is 1.35 bits per heavy atom. The third-order valence-corrected chi connectivity index (χ3v) is 2.73. The molecule has 0 aliphatic heterocycles. The zero-order valence-corrected chi connectivity index (χ0v) is 9.77. The van der Waals surface area contributed by atoms with Crippen molar-refractivity contribution in [2.24, 2.45) is 0 Å². The number of H-pyrrole nitrogens is 1. The van der Waals surface area contributed by atoms with E-state index in [0.717, 1.165) is 19.3 Å². The summed E-state index contributed by atoms with van der Waals surface area (Å²) in [6, 6.07) is 1.33. The molecule has 2 heterocycles. The monoisotopic (exact) mass is 233 g/mol. The van der Waals surface area contributed by atoms with Gasteiger partial charge < -0.3 is 4.98 Å². The van der Waals surface area contributed by atoms with Crippen molar-refractivity contribution in [1.29, 1.82) is 0 Å². The summed E-state index contributed by atoms with van der Waals surface area (Å²) in [6.45, 7) is 2.71. The van der Waals surface area contributed by atoms with Crippen molar-refractivity contribution in [3.05, 3.63) is 39.2 Å². The van der Waals surface area contributed by atoms with Crippen LogP contribution < -0.4 is 11.1 Å². The average Bonchev–Trinajstić information content (AvgIpc) is 2.33. The Kier molecular flexibility index (Phi) is 3.37. The van der Waals surface area contributed by atoms with Gasteiger partial charge in [0.05, 0.1) is 11.6 Å². The smallest absolute Gasteiger partial charge is 0.274 e. The van der Waals surface area contributed by atoms with Crippen molar-refractivity contribution in [1.82, 2.24) is 14.8 Å². The number of fused-ring (bicyclic) bond motifs is 1. The molecule has 0 spiro atoms. The van der Waals surface area contributed by atoms with E-state index in [0.29, 0.717) is 17.3 Å². The Hall–Kier alpha value is -1.91. The van der Waals surface area contributed by atoms with Crippen LogP contribution in [-0.2, 0) is 6.54 Å². The normalized spacial score (nSPS) is 10.9. The highest BCUT2D eigenvalue weighted by molar-refractivity contribution is 5.79. The molecule has 0 aromatic carbocycles. The highest BCUT2D eigenvalue weighted by atomic mass is 16.1. The van der Waals surface area contributed by atoms with Crippen LogP contribution in [0.5, 0.6) is 0 Å². The van der Waals surface area contributed by atoms with Crippen LogP contribution in [0.15, 0.2) is 28.0 Å². The first kappa shape index (κ1) is 11.6. The van der Waals surface area contributed by atoms with Gasteiger partial charge in [-0.3, -0.25) is 9.59 Å². The summed E-state index contributed by atoms with van der Waals surface area (Å²) in [7, 11) is 0. The van der Waals surface area contributed by atoms with Crippen LogP contribution in [0.2, 0.25) is 0 Å². The fourth-order valence-electron chi connectivity index (χ4n) is 1.77. The van der Waals surface area contributed by atoms with Crippen LogP contribution in [0, 0.1) is 0 Å². The van der Waals surface area contributed by atoms with E-state index in [9.17, 15) is 9.59 Å². The molecule has 0 unspecified atom stereocenters. The molecule has 2 aromatic heterocycles. The lowest BCUT2D eigenvalue weighted by molar-refractivity contribution is 0.532. The SMILES string of the molecule is CCCCCn1ncc2c[nH]c(=O)cc2c1=O. The van der Waals surface area contributed by atoms with Crippen LogP contribution in [-0.4, -0.2) is 14.8 Å². The van der Waals surface area contributed by atoms with Gasteiger partial charge in [-0.25, -0.2) is 4.68 Å². The minimum Gasteiger partial charge on any atom is -0.328 e. The fraction of sp³-hybridized carbons (Fsp3) is 0.417. The number of nitrogens with one attached hydrogen (secondary N) is 1. The second-order valence-electron chi connectivity index (χ2n) is 4.05. The van der Waals surface area contributed by atoms with Gasteiger partial charge in [0.1, 0.15) is 0 Å². The lowest BCUT2D eigenvalue weighted by Crippen LogP contribution is -2.24. The highest BCUT2D eigenvalue weighted by Gasteiger charge is 2.04. The summed E-state index contributed by atoms with van der Waals surface area (Å²) >= 11 is 0. The molecule has 0 saturated carbocycles. The molecule has 5 nitrogen and oxygen atoms in total. The molecule has 2 rings (SSSR count). The van der Waals surface area contributed by atoms with Crippen LogP contribution in [0.1, 0.15) is 26.2 Å². The number of aryl methyl sites for hydroxylation is 1. The molecule has 0 radical (unpaired) electrons. The molecule has 0 bridgehead atoms. The minimum absolute atomic E-state index is 0.190. The third-order valence-electron chi connectivity index (χ3n) is 2.73. The number of aromatic amines is 1. The van der Waals surface area contributed by atoms with Crippen molar-refractivity contribution < 1.29 is 0 Å². The van der Waals surface area contributed by atoms with Crippen LogP contribution in [0.3, 0.4) is 0 Å². The van der Waals surface area contributed by atoms with Crippen LogP contribution >= 0.6 is 0 Å². The highest BCUT2D eigenvalue weighted by Crippen LogP contribution is 2.03. The summed E-state index contributed by atoms with van der Waals surface area (Å²) in [6.07, 6.45) is 6.22. The first-order valence-corrected chi connectivity index (χ1v) is 5.81. The fourth-order valence-corrected chi connectivity index (χ4v) is 1.77. The quantitative estimate of drug-likeness (QED) is 0.809. The molecule has 0 saturated heterocycles. The topological polar surface area (TPSA) is 67.8 Å². The van der Waals surface area contributed by atoms with Crippen molar-refractivity contribution in [2.75, 3.05) is 0 Å². The summed E-state index contributed by atoms with van der Waals surface area (Å²) in [5.41, 5.74) is -0.453. The van der Waals surface area contributed by atoms with E-state index in [4.69, 9.17) is 0 Å². The summed E-state index contributed by atoms with van der Waals surface area (Å²) in [4.78, 5) is 25.7. The number of unbranched alkanes of at least 4 members (excludes halogenated alkanes) is 2. The minimum atomic E-state index is -0.263. The van der Waals surface area contributed by atoms with Crippen molar-refractivity contribution in [3.8, 4) is 0 Å². The molecular weight excluding hydrogens is 218 g/mol. The Labute approximate surface area is 98.1 Å². The van der Waals surface area contributed by atoms with Gasteiger partial charge in [-0.2, -0.15) is 5.10 Å². The van der Waals surface area contributed by atoms with Crippen molar-refractivity contribution >= 4 is 10.8 Å². The standard InChI is InChI=1S/C12H15N3O2/c1-2-3-4-5-15-12(17)10-6-11(16)13-7-9(10)8-14-15/h6-8H,2-5H2,1H3,(H,13,16). The Bertz CT molecular complexity index is 627. The molecule has 0 aliphatic rings. The number of aromatic nitrogens is 3. The third kappa shape index (κ3) is 2.43. The van der Waals surface area contributed by atoms with Gasteiger partial charge in [-0.15, -0.1) is 0 Å². The van der Waals surface area contributed by atoms with E-state index in [-0.39, 0.29) is 11.1 Å². The maximum Gasteiger partial charge on any atom is 0.274 e. The molecule has 1 N–H and O–H groups in total. The van der Waals surface area contributed by atoms with E-state index in [1.165, 1.54) is 16.9 Å². The number of hydrogen-bond donors (Lipinski definition) is 1. The van der Waals surface area contributed by atoms with E-state index < -0.39 is 0 Å². The Balaban J connectivity index is 2.42. The summed E-state index contributed by atoms with van der Waals surface area (Å²) in [5.74, 6) is 0. The Morgan fingerprint density at radius 3 is 2.94 bits per heavy atom. The van der Waals surface area contributed by atoms with Crippen molar-refractivity contribution in [3.63, 3.8) is 0 Å². The van der Waals surface area contributed by atoms with E-state index in [2.05, 4.69) is 17.0 Å². The molecule has 5 heteroatoms. The van der Waals surface area contributed by atoms with E-state index >= 15 is 0 Å². The van der Waals surface area contributed by atoms with Gasteiger partial charge in [0.15, 0.2) is 0 Å². The van der Waals surface area contributed by atoms with Gasteiger partial charge in [0.2, 0.25) is 5.56 Å². The first-order chi connectivity index (χ1) is 8.22. The predicted molar refractivity (Wildman–Crippen MR) is 66.1 cm³/mol. The van der Waals surface area contributed by atoms with Gasteiger partial charge in [-0.05, 0) is 6.42 Å². The van der Waals surface area contributed by atoms with Crippen LogP contribution in [0.4, 0.5) is 0 Å². The molecule has 0 fully saturated rings. The average molecular weight is 233 g/mol. The maximum absolute atomic E-state index is 12.0. The van der Waals surface area contributed by atoms with Gasteiger partial charge in [-0.1, -0.05) is 19.8 Å².